The van der Waals surface area contributed by atoms with Crippen LogP contribution in [-0.2, 0) is 21.4 Å². The fourth-order valence-electron chi connectivity index (χ4n) is 4.71. The quantitative estimate of drug-likeness (QED) is 0.284. The van der Waals surface area contributed by atoms with Crippen molar-refractivity contribution in [1.29, 1.82) is 10.8 Å². The Hall–Kier alpha value is -4.19. The van der Waals surface area contributed by atoms with Crippen molar-refractivity contribution in [2.75, 3.05) is 41.1 Å². The minimum Gasteiger partial charge on any atom is -0.549 e. The number of rotatable bonds is 8. The van der Waals surface area contributed by atoms with Gasteiger partial charge in [0.2, 0.25) is 10.0 Å². The molecule has 0 atom stereocenters. The summed E-state index contributed by atoms with van der Waals surface area (Å²) in [5.41, 5.74) is 6.93. The van der Waals surface area contributed by atoms with Crippen LogP contribution in [0.2, 0.25) is 0 Å². The molecule has 4 N–H and O–H groups in total. The van der Waals surface area contributed by atoms with Gasteiger partial charge in [0.25, 0.3) is 0 Å². The summed E-state index contributed by atoms with van der Waals surface area (Å²) in [6.45, 7) is 3.80. The Balaban J connectivity index is 1.67. The standard InChI is InChI=1S/C27H31FN6O4S/c1-18(29)32-9-2-10-33(12-11-32)25-8-7-23(15-24(25)28)34(39(37,38)17-26(35)36)16-19-3-4-20-5-6-21(27(30)31)14-22(20)13-19/h3-8,13-15,29H,2,9-12,16-17H2,1H3,(H3,30,31)(H,35,36)/p-1. The Bertz CT molecular complexity index is 1540. The maximum atomic E-state index is 15.4. The molecule has 206 valence electrons. The molecular weight excluding hydrogens is 523 g/mol. The highest BCUT2D eigenvalue weighted by molar-refractivity contribution is 7.93. The van der Waals surface area contributed by atoms with E-state index in [4.69, 9.17) is 16.6 Å². The van der Waals surface area contributed by atoms with Gasteiger partial charge in [0.1, 0.15) is 17.4 Å². The summed E-state index contributed by atoms with van der Waals surface area (Å²) in [5.74, 6) is -3.32. The number of amidine groups is 2. The van der Waals surface area contributed by atoms with Crippen LogP contribution in [0.4, 0.5) is 15.8 Å². The first-order chi connectivity index (χ1) is 18.4. The molecule has 0 aliphatic carbocycles. The topological polar surface area (TPSA) is 158 Å². The van der Waals surface area contributed by atoms with Crippen LogP contribution in [0.5, 0.6) is 0 Å². The van der Waals surface area contributed by atoms with Crippen molar-refractivity contribution < 1.29 is 22.7 Å². The average molecular weight is 554 g/mol. The maximum absolute atomic E-state index is 15.4. The van der Waals surface area contributed by atoms with Crippen molar-refractivity contribution in [3.05, 3.63) is 71.5 Å². The molecule has 0 bridgehead atoms. The minimum atomic E-state index is -4.42. The molecular formula is C27H30FN6O4S-. The number of hydrogen-bond acceptors (Lipinski definition) is 7. The molecule has 39 heavy (non-hydrogen) atoms. The highest BCUT2D eigenvalue weighted by Gasteiger charge is 2.26. The van der Waals surface area contributed by atoms with Gasteiger partial charge in [-0.15, -0.1) is 0 Å². The lowest BCUT2D eigenvalue weighted by Gasteiger charge is -2.28. The van der Waals surface area contributed by atoms with E-state index in [-0.39, 0.29) is 18.1 Å². The Morgan fingerprint density at radius 3 is 2.44 bits per heavy atom. The Morgan fingerprint density at radius 1 is 1.03 bits per heavy atom. The Kier molecular flexibility index (Phi) is 8.05. The van der Waals surface area contributed by atoms with E-state index in [0.717, 1.165) is 22.2 Å². The molecule has 0 spiro atoms. The van der Waals surface area contributed by atoms with Gasteiger partial charge in [-0.2, -0.15) is 0 Å². The number of carbonyl (C=O) groups is 1. The number of carboxylic acid groups (broad SMARTS) is 1. The lowest BCUT2D eigenvalue weighted by molar-refractivity contribution is -0.301. The van der Waals surface area contributed by atoms with E-state index in [2.05, 4.69) is 0 Å². The van der Waals surface area contributed by atoms with Gasteiger partial charge in [-0.05, 0) is 53.9 Å². The third-order valence-electron chi connectivity index (χ3n) is 6.71. The molecule has 1 saturated heterocycles. The van der Waals surface area contributed by atoms with Crippen molar-refractivity contribution in [3.8, 4) is 0 Å². The number of benzene rings is 3. The first-order valence-electron chi connectivity index (χ1n) is 12.4. The minimum absolute atomic E-state index is 0.0122. The lowest BCUT2D eigenvalue weighted by Crippen LogP contribution is -2.40. The molecule has 1 aliphatic heterocycles. The number of nitrogens with zero attached hydrogens (tertiary/aromatic N) is 3. The molecule has 1 fully saturated rings. The molecule has 0 amide bonds. The zero-order chi connectivity index (χ0) is 28.3. The summed E-state index contributed by atoms with van der Waals surface area (Å²) in [6, 6.07) is 14.5. The predicted octanol–water partition coefficient (Wildman–Crippen LogP) is 1.86. The SMILES string of the molecule is CC(=N)N1CCCN(c2ccc(N(Cc3ccc4ccc(C(=N)N)cc4c3)S(=O)(=O)CC(=O)[O-])cc2F)CC1. The van der Waals surface area contributed by atoms with Gasteiger partial charge >= 0.3 is 0 Å². The van der Waals surface area contributed by atoms with Gasteiger partial charge in [-0.1, -0.05) is 24.3 Å². The van der Waals surface area contributed by atoms with Crippen LogP contribution in [0.25, 0.3) is 10.8 Å². The second-order valence-corrected chi connectivity index (χ2v) is 11.4. The first kappa shape index (κ1) is 27.8. The zero-order valence-corrected chi connectivity index (χ0v) is 22.3. The maximum Gasteiger partial charge on any atom is 0.240 e. The van der Waals surface area contributed by atoms with Crippen molar-refractivity contribution in [2.45, 2.75) is 19.9 Å². The largest absolute Gasteiger partial charge is 0.549 e. The van der Waals surface area contributed by atoms with Gasteiger partial charge in [0, 0.05) is 37.8 Å². The summed E-state index contributed by atoms with van der Waals surface area (Å²) in [4.78, 5) is 15.0. The van der Waals surface area contributed by atoms with E-state index in [9.17, 15) is 18.3 Å². The number of nitrogens with two attached hydrogens (primary N) is 1. The summed E-state index contributed by atoms with van der Waals surface area (Å²) in [6.07, 6.45) is 0.733. The van der Waals surface area contributed by atoms with Crippen LogP contribution in [0.3, 0.4) is 0 Å². The van der Waals surface area contributed by atoms with Crippen molar-refractivity contribution in [2.24, 2.45) is 5.73 Å². The zero-order valence-electron chi connectivity index (χ0n) is 21.5. The van der Waals surface area contributed by atoms with E-state index in [1.165, 1.54) is 12.1 Å². The number of aliphatic carboxylic acids is 1. The van der Waals surface area contributed by atoms with Gasteiger partial charge in [-0.3, -0.25) is 15.1 Å². The predicted molar refractivity (Wildman–Crippen MR) is 148 cm³/mol. The van der Waals surface area contributed by atoms with E-state index >= 15 is 4.39 Å². The molecule has 3 aromatic carbocycles. The van der Waals surface area contributed by atoms with Crippen LogP contribution in [-0.4, -0.2) is 62.9 Å². The molecule has 10 nitrogen and oxygen atoms in total. The van der Waals surface area contributed by atoms with Gasteiger partial charge < -0.3 is 25.4 Å². The van der Waals surface area contributed by atoms with E-state index in [0.29, 0.717) is 54.2 Å². The van der Waals surface area contributed by atoms with Crippen LogP contribution in [0, 0.1) is 16.6 Å². The van der Waals surface area contributed by atoms with E-state index in [1.54, 1.807) is 43.3 Å². The van der Waals surface area contributed by atoms with E-state index in [1.807, 2.05) is 9.80 Å². The van der Waals surface area contributed by atoms with Crippen molar-refractivity contribution in [1.82, 2.24) is 4.90 Å². The summed E-state index contributed by atoms with van der Waals surface area (Å²) in [7, 11) is -4.42. The molecule has 0 saturated carbocycles. The van der Waals surface area contributed by atoms with Gasteiger partial charge in [0.05, 0.1) is 29.7 Å². The third-order valence-corrected chi connectivity index (χ3v) is 8.32. The molecule has 0 aromatic heterocycles. The summed E-state index contributed by atoms with van der Waals surface area (Å²) >= 11 is 0. The van der Waals surface area contributed by atoms with Gasteiger partial charge in [-0.25, -0.2) is 12.8 Å². The number of anilines is 2. The van der Waals surface area contributed by atoms with Crippen molar-refractivity contribution in [3.63, 3.8) is 0 Å². The molecule has 12 heteroatoms. The highest BCUT2D eigenvalue weighted by Crippen LogP contribution is 2.29. The molecule has 0 unspecified atom stereocenters. The Morgan fingerprint density at radius 2 is 1.77 bits per heavy atom. The third kappa shape index (κ3) is 6.45. The van der Waals surface area contributed by atoms with Gasteiger partial charge in [0.15, 0.2) is 0 Å². The van der Waals surface area contributed by atoms with Crippen LogP contribution in [0.1, 0.15) is 24.5 Å². The molecule has 4 rings (SSSR count). The van der Waals surface area contributed by atoms with E-state index < -0.39 is 27.6 Å². The fraction of sp³-hybridized carbons (Fsp3) is 0.296. The molecule has 0 radical (unpaired) electrons. The Labute approximate surface area is 226 Å². The van der Waals surface area contributed by atoms with Crippen molar-refractivity contribution >= 4 is 49.8 Å². The highest BCUT2D eigenvalue weighted by atomic mass is 32.2. The van der Waals surface area contributed by atoms with Crippen LogP contribution in [0.15, 0.2) is 54.6 Å². The summed E-state index contributed by atoms with van der Waals surface area (Å²) in [5, 5.41) is 28.4. The fourth-order valence-corrected chi connectivity index (χ4v) is 5.94. The second kappa shape index (κ2) is 11.3. The first-order valence-corrected chi connectivity index (χ1v) is 14.0. The number of sulfonamides is 1. The number of carboxylic acids is 1. The summed E-state index contributed by atoms with van der Waals surface area (Å²) < 4.78 is 42.5. The molecule has 1 heterocycles. The molecule has 1 aliphatic rings. The number of halogens is 1. The van der Waals surface area contributed by atoms with Crippen LogP contribution >= 0.6 is 0 Å². The number of carbonyl (C=O) groups excluding carboxylic acids is 1. The number of nitrogens with one attached hydrogen (secondary N) is 2. The number of fused-ring (bicyclic) bond motifs is 1. The molecule has 3 aromatic rings. The normalized spacial score (nSPS) is 14.2. The number of nitrogen functional groups attached to an aromatic ring is 1. The monoisotopic (exact) mass is 553 g/mol. The van der Waals surface area contributed by atoms with Crippen LogP contribution < -0.4 is 20.0 Å². The average Bonchev–Trinajstić information content (AvgIpc) is 3.12. The number of hydrogen-bond donors (Lipinski definition) is 3. The smallest absolute Gasteiger partial charge is 0.240 e. The second-order valence-electron chi connectivity index (χ2n) is 9.49. The lowest BCUT2D eigenvalue weighted by atomic mass is 10.0.